The van der Waals surface area contributed by atoms with Gasteiger partial charge in [-0.3, -0.25) is 4.79 Å². The smallest absolute Gasteiger partial charge is 0.274 e. The Labute approximate surface area is 164 Å². The van der Waals surface area contributed by atoms with Crippen LogP contribution < -0.4 is 10.6 Å². The highest BCUT2D eigenvalue weighted by Gasteiger charge is 2.12. The maximum Gasteiger partial charge on any atom is 0.274 e. The monoisotopic (exact) mass is 378 g/mol. The van der Waals surface area contributed by atoms with Gasteiger partial charge in [-0.05, 0) is 68.1 Å². The fourth-order valence-corrected chi connectivity index (χ4v) is 3.02. The van der Waals surface area contributed by atoms with Crippen molar-refractivity contribution in [1.82, 2.24) is 9.97 Å². The summed E-state index contributed by atoms with van der Waals surface area (Å²) in [5, 5.41) is 5.95. The fourth-order valence-electron chi connectivity index (χ4n) is 3.02. The van der Waals surface area contributed by atoms with Gasteiger partial charge < -0.3 is 10.6 Å². The number of aryl methyl sites for hydroxylation is 3. The van der Waals surface area contributed by atoms with E-state index in [1.807, 2.05) is 32.0 Å². The van der Waals surface area contributed by atoms with Crippen molar-refractivity contribution in [2.24, 2.45) is 0 Å². The molecule has 0 spiro atoms. The van der Waals surface area contributed by atoms with Crippen molar-refractivity contribution in [2.45, 2.75) is 27.2 Å². The molecule has 0 aliphatic rings. The second kappa shape index (κ2) is 8.61. The number of nitrogens with one attached hydrogen (secondary N) is 2. The standard InChI is InChI=1S/C22H23FN4O/c1-14-10-15(2)12-18(11-14)26-21(28)20-13-16(3)25-22(27-20)24-9-8-17-6-4-5-7-19(17)23/h4-7,10-13H,8-9H2,1-3H3,(H,26,28)(H,24,25,27). The van der Waals surface area contributed by atoms with E-state index in [0.717, 1.165) is 16.8 Å². The minimum absolute atomic E-state index is 0.233. The second-order valence-corrected chi connectivity index (χ2v) is 6.82. The van der Waals surface area contributed by atoms with Crippen LogP contribution in [0.2, 0.25) is 0 Å². The van der Waals surface area contributed by atoms with Crippen LogP contribution in [0, 0.1) is 26.6 Å². The average molecular weight is 378 g/mol. The minimum Gasteiger partial charge on any atom is -0.354 e. The predicted octanol–water partition coefficient (Wildman–Crippen LogP) is 4.45. The third-order valence-electron chi connectivity index (χ3n) is 4.20. The van der Waals surface area contributed by atoms with Gasteiger partial charge in [0, 0.05) is 17.9 Å². The molecule has 0 unspecified atom stereocenters. The average Bonchev–Trinajstić information content (AvgIpc) is 2.62. The van der Waals surface area contributed by atoms with Gasteiger partial charge in [0.25, 0.3) is 5.91 Å². The third kappa shape index (κ3) is 5.13. The summed E-state index contributed by atoms with van der Waals surface area (Å²) in [4.78, 5) is 21.2. The van der Waals surface area contributed by atoms with Crippen LogP contribution in [0.25, 0.3) is 0 Å². The number of halogens is 1. The lowest BCUT2D eigenvalue weighted by molar-refractivity contribution is 0.102. The van der Waals surface area contributed by atoms with Crippen LogP contribution in [0.3, 0.4) is 0 Å². The molecule has 0 saturated carbocycles. The van der Waals surface area contributed by atoms with Gasteiger partial charge in [-0.25, -0.2) is 14.4 Å². The Bertz CT molecular complexity index is 983. The van der Waals surface area contributed by atoms with Gasteiger partial charge in [-0.1, -0.05) is 24.3 Å². The van der Waals surface area contributed by atoms with Crippen LogP contribution in [0.5, 0.6) is 0 Å². The van der Waals surface area contributed by atoms with Gasteiger partial charge in [0.2, 0.25) is 5.95 Å². The van der Waals surface area contributed by atoms with E-state index in [4.69, 9.17) is 0 Å². The molecule has 1 heterocycles. The molecule has 6 heteroatoms. The molecule has 28 heavy (non-hydrogen) atoms. The molecule has 5 nitrogen and oxygen atoms in total. The lowest BCUT2D eigenvalue weighted by atomic mass is 10.1. The quantitative estimate of drug-likeness (QED) is 0.665. The van der Waals surface area contributed by atoms with Gasteiger partial charge in [0.05, 0.1) is 0 Å². The van der Waals surface area contributed by atoms with Gasteiger partial charge in [0.15, 0.2) is 0 Å². The molecule has 144 valence electrons. The molecule has 0 saturated heterocycles. The lowest BCUT2D eigenvalue weighted by Gasteiger charge is -2.10. The highest BCUT2D eigenvalue weighted by Crippen LogP contribution is 2.15. The number of anilines is 2. The van der Waals surface area contributed by atoms with Crippen LogP contribution in [0.4, 0.5) is 16.0 Å². The van der Waals surface area contributed by atoms with Gasteiger partial charge >= 0.3 is 0 Å². The third-order valence-corrected chi connectivity index (χ3v) is 4.20. The van der Waals surface area contributed by atoms with Crippen molar-refractivity contribution in [2.75, 3.05) is 17.2 Å². The van der Waals surface area contributed by atoms with Crippen molar-refractivity contribution in [1.29, 1.82) is 0 Å². The highest BCUT2D eigenvalue weighted by molar-refractivity contribution is 6.03. The topological polar surface area (TPSA) is 66.9 Å². The van der Waals surface area contributed by atoms with E-state index in [9.17, 15) is 9.18 Å². The molecule has 0 aliphatic heterocycles. The molecule has 1 aromatic heterocycles. The Morgan fingerprint density at radius 1 is 1.00 bits per heavy atom. The molecular weight excluding hydrogens is 355 g/mol. The summed E-state index contributed by atoms with van der Waals surface area (Å²) in [5.74, 6) is -0.183. The Hall–Kier alpha value is -3.28. The Morgan fingerprint density at radius 2 is 1.71 bits per heavy atom. The van der Waals surface area contributed by atoms with Crippen molar-refractivity contribution >= 4 is 17.5 Å². The molecular formula is C22H23FN4O. The van der Waals surface area contributed by atoms with E-state index >= 15 is 0 Å². The van der Waals surface area contributed by atoms with Crippen LogP contribution in [0.1, 0.15) is 32.9 Å². The number of carbonyl (C=O) groups is 1. The van der Waals surface area contributed by atoms with Gasteiger partial charge in [0.1, 0.15) is 11.5 Å². The molecule has 0 atom stereocenters. The summed E-state index contributed by atoms with van der Waals surface area (Å²) in [6, 6.07) is 14.2. The van der Waals surface area contributed by atoms with E-state index < -0.39 is 0 Å². The van der Waals surface area contributed by atoms with E-state index in [1.165, 1.54) is 6.07 Å². The number of amides is 1. The van der Waals surface area contributed by atoms with E-state index in [-0.39, 0.29) is 17.4 Å². The fraction of sp³-hybridized carbons (Fsp3) is 0.227. The largest absolute Gasteiger partial charge is 0.354 e. The summed E-state index contributed by atoms with van der Waals surface area (Å²) in [5.41, 5.74) is 4.45. The molecule has 3 rings (SSSR count). The molecule has 1 amide bonds. The number of rotatable bonds is 6. The SMILES string of the molecule is Cc1cc(C)cc(NC(=O)c2cc(C)nc(NCCc3ccccc3F)n2)c1. The molecule has 0 aliphatic carbocycles. The zero-order valence-electron chi connectivity index (χ0n) is 16.2. The Balaban J connectivity index is 1.68. The van der Waals surface area contributed by atoms with Crippen LogP contribution in [-0.4, -0.2) is 22.4 Å². The number of aromatic nitrogens is 2. The second-order valence-electron chi connectivity index (χ2n) is 6.82. The van der Waals surface area contributed by atoms with Crippen molar-refractivity contribution in [3.05, 3.63) is 82.4 Å². The lowest BCUT2D eigenvalue weighted by Crippen LogP contribution is -2.17. The zero-order chi connectivity index (χ0) is 20.1. The van der Waals surface area contributed by atoms with Crippen LogP contribution in [-0.2, 0) is 6.42 Å². The van der Waals surface area contributed by atoms with Crippen molar-refractivity contribution in [3.8, 4) is 0 Å². The number of nitrogens with zero attached hydrogens (tertiary/aromatic N) is 2. The van der Waals surface area contributed by atoms with Gasteiger partial charge in [-0.2, -0.15) is 0 Å². The summed E-state index contributed by atoms with van der Waals surface area (Å²) in [6.45, 7) is 6.23. The maximum absolute atomic E-state index is 13.7. The maximum atomic E-state index is 13.7. The first kappa shape index (κ1) is 19.5. The minimum atomic E-state index is -0.298. The first-order valence-electron chi connectivity index (χ1n) is 9.13. The Kier molecular flexibility index (Phi) is 5.99. The number of hydrogen-bond acceptors (Lipinski definition) is 4. The molecule has 2 aromatic carbocycles. The predicted molar refractivity (Wildman–Crippen MR) is 109 cm³/mol. The summed E-state index contributed by atoms with van der Waals surface area (Å²) < 4.78 is 13.7. The Morgan fingerprint density at radius 3 is 2.43 bits per heavy atom. The molecule has 3 aromatic rings. The van der Waals surface area contributed by atoms with Gasteiger partial charge in [-0.15, -0.1) is 0 Å². The van der Waals surface area contributed by atoms with Crippen LogP contribution in [0.15, 0.2) is 48.5 Å². The molecule has 0 fully saturated rings. The molecule has 0 bridgehead atoms. The number of hydrogen-bond donors (Lipinski definition) is 2. The van der Waals surface area contributed by atoms with E-state index in [0.29, 0.717) is 30.2 Å². The first-order chi connectivity index (χ1) is 13.4. The summed E-state index contributed by atoms with van der Waals surface area (Å²) in [7, 11) is 0. The van der Waals surface area contributed by atoms with E-state index in [1.54, 1.807) is 31.2 Å². The number of benzene rings is 2. The normalized spacial score (nSPS) is 10.6. The van der Waals surface area contributed by atoms with Crippen molar-refractivity contribution < 1.29 is 9.18 Å². The number of carbonyl (C=O) groups excluding carboxylic acids is 1. The summed E-state index contributed by atoms with van der Waals surface area (Å²) >= 11 is 0. The highest BCUT2D eigenvalue weighted by atomic mass is 19.1. The molecule has 2 N–H and O–H groups in total. The molecule has 0 radical (unpaired) electrons. The van der Waals surface area contributed by atoms with Crippen molar-refractivity contribution in [3.63, 3.8) is 0 Å². The zero-order valence-corrected chi connectivity index (χ0v) is 16.2. The van der Waals surface area contributed by atoms with E-state index in [2.05, 4.69) is 20.6 Å². The van der Waals surface area contributed by atoms with Crippen LogP contribution >= 0.6 is 0 Å². The summed E-state index contributed by atoms with van der Waals surface area (Å²) in [6.07, 6.45) is 0.494. The first-order valence-corrected chi connectivity index (χ1v) is 9.13.